The number of amides is 1. The molecule has 13 heavy (non-hydrogen) atoms. The zero-order valence-corrected chi connectivity index (χ0v) is 8.18. The minimum Gasteiger partial charge on any atom is -0.356 e. The molecule has 2 aliphatic rings. The van der Waals surface area contributed by atoms with E-state index in [0.717, 1.165) is 31.5 Å². The van der Waals surface area contributed by atoms with Crippen molar-refractivity contribution in [2.75, 3.05) is 19.6 Å². The van der Waals surface area contributed by atoms with Gasteiger partial charge < -0.3 is 10.6 Å². The molecule has 3 heteroatoms. The fourth-order valence-electron chi connectivity index (χ4n) is 1.76. The van der Waals surface area contributed by atoms with E-state index in [1.165, 1.54) is 6.42 Å². The number of carbonyl (C=O) groups is 1. The lowest BCUT2D eigenvalue weighted by Gasteiger charge is -2.26. The van der Waals surface area contributed by atoms with Gasteiger partial charge in [-0.25, -0.2) is 0 Å². The Balaban J connectivity index is 1.55. The third kappa shape index (κ3) is 2.44. The van der Waals surface area contributed by atoms with Crippen LogP contribution in [0, 0.1) is 17.8 Å². The van der Waals surface area contributed by atoms with Gasteiger partial charge >= 0.3 is 0 Å². The number of hydrogen-bond donors (Lipinski definition) is 2. The Morgan fingerprint density at radius 1 is 1.54 bits per heavy atom. The predicted octanol–water partition coefficient (Wildman–Crippen LogP) is 0.368. The largest absolute Gasteiger partial charge is 0.356 e. The molecule has 2 fully saturated rings. The highest BCUT2D eigenvalue weighted by atomic mass is 16.1. The van der Waals surface area contributed by atoms with Crippen molar-refractivity contribution in [2.45, 2.75) is 19.8 Å². The highest BCUT2D eigenvalue weighted by Crippen LogP contribution is 2.36. The average molecular weight is 182 g/mol. The second kappa shape index (κ2) is 3.66. The van der Waals surface area contributed by atoms with E-state index >= 15 is 0 Å². The third-order valence-corrected chi connectivity index (χ3v) is 3.18. The molecular weight excluding hydrogens is 164 g/mol. The lowest BCUT2D eigenvalue weighted by atomic mass is 9.99. The van der Waals surface area contributed by atoms with Crippen LogP contribution in [0.1, 0.15) is 19.8 Å². The van der Waals surface area contributed by atoms with Crippen molar-refractivity contribution < 1.29 is 4.79 Å². The monoisotopic (exact) mass is 182 g/mol. The molecule has 1 saturated heterocycles. The third-order valence-electron chi connectivity index (χ3n) is 3.18. The number of rotatable bonds is 4. The second-order valence-corrected chi connectivity index (χ2v) is 4.51. The Hall–Kier alpha value is -0.570. The van der Waals surface area contributed by atoms with E-state index in [-0.39, 0.29) is 5.91 Å². The van der Waals surface area contributed by atoms with Gasteiger partial charge in [-0.2, -0.15) is 0 Å². The molecule has 0 radical (unpaired) electrons. The highest BCUT2D eigenvalue weighted by Gasteiger charge is 2.32. The molecule has 2 unspecified atom stereocenters. The first-order valence-corrected chi connectivity index (χ1v) is 5.23. The zero-order chi connectivity index (χ0) is 9.26. The van der Waals surface area contributed by atoms with Crippen molar-refractivity contribution in [2.24, 2.45) is 17.8 Å². The van der Waals surface area contributed by atoms with E-state index in [4.69, 9.17) is 0 Å². The number of nitrogens with one attached hydrogen (secondary N) is 2. The van der Waals surface area contributed by atoms with Crippen molar-refractivity contribution in [3.63, 3.8) is 0 Å². The molecule has 1 heterocycles. The highest BCUT2D eigenvalue weighted by molar-refractivity contribution is 5.76. The normalized spacial score (nSPS) is 32.4. The zero-order valence-electron chi connectivity index (χ0n) is 8.18. The van der Waals surface area contributed by atoms with Gasteiger partial charge in [-0.3, -0.25) is 4.79 Å². The molecule has 0 aromatic rings. The van der Waals surface area contributed by atoms with E-state index in [1.54, 1.807) is 0 Å². The average Bonchev–Trinajstić information content (AvgIpc) is 2.71. The Kier molecular flexibility index (Phi) is 2.54. The van der Waals surface area contributed by atoms with Crippen LogP contribution in [0.2, 0.25) is 0 Å². The van der Waals surface area contributed by atoms with E-state index < -0.39 is 0 Å². The van der Waals surface area contributed by atoms with Crippen LogP contribution in [-0.4, -0.2) is 25.5 Å². The Morgan fingerprint density at radius 3 is 2.69 bits per heavy atom. The fraction of sp³-hybridized carbons (Fsp3) is 0.900. The van der Waals surface area contributed by atoms with E-state index in [0.29, 0.717) is 12.3 Å². The molecule has 1 aliphatic carbocycles. The van der Waals surface area contributed by atoms with Crippen molar-refractivity contribution in [1.29, 1.82) is 0 Å². The minimum absolute atomic E-state index is 0.241. The summed E-state index contributed by atoms with van der Waals surface area (Å²) in [4.78, 5) is 11.3. The minimum atomic E-state index is 0.241. The molecule has 0 spiro atoms. The molecule has 0 aromatic heterocycles. The first-order chi connectivity index (χ1) is 6.25. The van der Waals surface area contributed by atoms with Crippen LogP contribution in [0.4, 0.5) is 0 Å². The molecule has 2 rings (SSSR count). The molecule has 1 amide bonds. The quantitative estimate of drug-likeness (QED) is 0.659. The van der Waals surface area contributed by atoms with Gasteiger partial charge in [0.1, 0.15) is 0 Å². The predicted molar refractivity (Wildman–Crippen MR) is 51.3 cm³/mol. The van der Waals surface area contributed by atoms with Crippen LogP contribution in [0.15, 0.2) is 0 Å². The summed E-state index contributed by atoms with van der Waals surface area (Å²) >= 11 is 0. The Labute approximate surface area is 79.3 Å². The maximum atomic E-state index is 11.3. The summed E-state index contributed by atoms with van der Waals surface area (Å²) < 4.78 is 0. The van der Waals surface area contributed by atoms with Gasteiger partial charge in [0, 0.05) is 13.0 Å². The summed E-state index contributed by atoms with van der Waals surface area (Å²) in [5.41, 5.74) is 0. The Morgan fingerprint density at radius 2 is 2.23 bits per heavy atom. The van der Waals surface area contributed by atoms with Gasteiger partial charge in [0.15, 0.2) is 0 Å². The molecule has 3 nitrogen and oxygen atoms in total. The van der Waals surface area contributed by atoms with Crippen molar-refractivity contribution >= 4 is 5.91 Å². The van der Waals surface area contributed by atoms with Crippen LogP contribution in [0.25, 0.3) is 0 Å². The van der Waals surface area contributed by atoms with E-state index in [2.05, 4.69) is 17.6 Å². The summed E-state index contributed by atoms with van der Waals surface area (Å²) in [6.07, 6.45) is 2.01. The smallest absolute Gasteiger partial charge is 0.220 e. The topological polar surface area (TPSA) is 41.1 Å². The van der Waals surface area contributed by atoms with Gasteiger partial charge in [0.2, 0.25) is 5.91 Å². The Bertz CT molecular complexity index is 201. The summed E-state index contributed by atoms with van der Waals surface area (Å²) in [6.45, 7) is 5.19. The van der Waals surface area contributed by atoms with Crippen LogP contribution >= 0.6 is 0 Å². The van der Waals surface area contributed by atoms with Crippen LogP contribution in [-0.2, 0) is 4.79 Å². The molecule has 0 bridgehead atoms. The van der Waals surface area contributed by atoms with Crippen molar-refractivity contribution in [3.8, 4) is 0 Å². The standard InChI is InChI=1S/C10H18N2O/c1-7-2-9(7)6-12-10(13)3-8-4-11-5-8/h7-9,11H,2-6H2,1H3,(H,12,13). The van der Waals surface area contributed by atoms with Gasteiger partial charge in [0.25, 0.3) is 0 Å². The van der Waals surface area contributed by atoms with Crippen molar-refractivity contribution in [3.05, 3.63) is 0 Å². The van der Waals surface area contributed by atoms with Gasteiger partial charge in [-0.05, 0) is 37.3 Å². The van der Waals surface area contributed by atoms with Crippen molar-refractivity contribution in [1.82, 2.24) is 10.6 Å². The molecule has 0 aromatic carbocycles. The molecule has 2 N–H and O–H groups in total. The number of carbonyl (C=O) groups excluding carboxylic acids is 1. The first kappa shape index (κ1) is 9.00. The van der Waals surface area contributed by atoms with Crippen LogP contribution in [0.5, 0.6) is 0 Å². The summed E-state index contributed by atoms with van der Waals surface area (Å²) in [5.74, 6) is 2.44. The van der Waals surface area contributed by atoms with Gasteiger partial charge in [-0.15, -0.1) is 0 Å². The fourth-order valence-corrected chi connectivity index (χ4v) is 1.76. The van der Waals surface area contributed by atoms with Crippen LogP contribution < -0.4 is 10.6 Å². The maximum absolute atomic E-state index is 11.3. The SMILES string of the molecule is CC1CC1CNC(=O)CC1CNC1. The summed E-state index contributed by atoms with van der Waals surface area (Å²) in [6, 6.07) is 0. The second-order valence-electron chi connectivity index (χ2n) is 4.51. The summed E-state index contributed by atoms with van der Waals surface area (Å²) in [5, 5.41) is 6.18. The number of hydrogen-bond acceptors (Lipinski definition) is 2. The maximum Gasteiger partial charge on any atom is 0.220 e. The molecule has 1 aliphatic heterocycles. The molecule has 74 valence electrons. The van der Waals surface area contributed by atoms with E-state index in [1.807, 2.05) is 0 Å². The van der Waals surface area contributed by atoms with Crippen LogP contribution in [0.3, 0.4) is 0 Å². The van der Waals surface area contributed by atoms with E-state index in [9.17, 15) is 4.79 Å². The first-order valence-electron chi connectivity index (χ1n) is 5.23. The van der Waals surface area contributed by atoms with Gasteiger partial charge in [0.05, 0.1) is 0 Å². The lowest BCUT2D eigenvalue weighted by Crippen LogP contribution is -2.44. The molecular formula is C10H18N2O. The molecule has 1 saturated carbocycles. The lowest BCUT2D eigenvalue weighted by molar-refractivity contribution is -0.122. The van der Waals surface area contributed by atoms with Gasteiger partial charge in [-0.1, -0.05) is 6.92 Å². The summed E-state index contributed by atoms with van der Waals surface area (Å²) in [7, 11) is 0. The molecule has 2 atom stereocenters.